The van der Waals surface area contributed by atoms with E-state index in [1.165, 1.54) is 7.11 Å². The Labute approximate surface area is 254 Å². The minimum Gasteiger partial charge on any atom is -0.495 e. The molecular formula is C33H39N5O4S. The SMILES string of the molecule is COc1ccc(-c2cccc(CN(C)C)c2)cc1S(=O)(=O)Nc1cccc(NCCNC(=O)c2ccccc2N(C)C)c1. The molecule has 0 radical (unpaired) electrons. The van der Waals surface area contributed by atoms with Crippen LogP contribution in [-0.4, -0.2) is 67.6 Å². The van der Waals surface area contributed by atoms with Crippen LogP contribution in [0.2, 0.25) is 0 Å². The smallest absolute Gasteiger partial charge is 0.265 e. The summed E-state index contributed by atoms with van der Waals surface area (Å²) in [5.74, 6) is 0.0924. The standard InChI is InChI=1S/C33H39N5O4S/c1-37(2)23-24-10-8-11-25(20-24)26-16-17-31(42-5)32(21-26)43(40,41)36-28-13-9-12-27(22-28)34-18-19-35-33(39)29-14-6-7-15-30(29)38(3)4/h6-17,20-22,34,36H,18-19,23H2,1-5H3,(H,35,39). The van der Waals surface area contributed by atoms with Gasteiger partial charge in [0.1, 0.15) is 10.6 Å². The average molecular weight is 602 g/mol. The number of nitrogens with one attached hydrogen (secondary N) is 3. The summed E-state index contributed by atoms with van der Waals surface area (Å²) in [6, 6.07) is 27.6. The van der Waals surface area contributed by atoms with Crippen molar-refractivity contribution in [2.24, 2.45) is 0 Å². The summed E-state index contributed by atoms with van der Waals surface area (Å²) < 4.78 is 35.2. The maximum absolute atomic E-state index is 13.6. The normalized spacial score (nSPS) is 11.2. The van der Waals surface area contributed by atoms with Crippen molar-refractivity contribution in [3.63, 3.8) is 0 Å². The second kappa shape index (κ2) is 14.1. The third-order valence-electron chi connectivity index (χ3n) is 6.70. The van der Waals surface area contributed by atoms with E-state index in [1.54, 1.807) is 36.4 Å². The molecule has 4 aromatic rings. The Hall–Kier alpha value is -4.54. The van der Waals surface area contributed by atoms with E-state index in [0.29, 0.717) is 30.0 Å². The van der Waals surface area contributed by atoms with Crippen molar-refractivity contribution in [3.05, 3.63) is 102 Å². The van der Waals surface area contributed by atoms with Gasteiger partial charge in [-0.2, -0.15) is 0 Å². The number of hydrogen-bond donors (Lipinski definition) is 3. The fraction of sp³-hybridized carbons (Fsp3) is 0.242. The molecule has 0 aliphatic carbocycles. The number of carbonyl (C=O) groups is 1. The predicted molar refractivity (Wildman–Crippen MR) is 175 cm³/mol. The molecular weight excluding hydrogens is 562 g/mol. The second-order valence-corrected chi connectivity index (χ2v) is 12.2. The number of para-hydroxylation sites is 1. The maximum Gasteiger partial charge on any atom is 0.265 e. The van der Waals surface area contributed by atoms with Crippen LogP contribution in [0.25, 0.3) is 11.1 Å². The lowest BCUT2D eigenvalue weighted by Crippen LogP contribution is -2.30. The third kappa shape index (κ3) is 8.27. The third-order valence-corrected chi connectivity index (χ3v) is 8.10. The zero-order valence-electron chi connectivity index (χ0n) is 25.2. The first-order valence-electron chi connectivity index (χ1n) is 13.9. The molecule has 0 aromatic heterocycles. The number of rotatable bonds is 13. The van der Waals surface area contributed by atoms with Gasteiger partial charge in [-0.15, -0.1) is 0 Å². The Morgan fingerprint density at radius 2 is 1.51 bits per heavy atom. The van der Waals surface area contributed by atoms with Gasteiger partial charge in [0, 0.05) is 45.1 Å². The molecule has 0 atom stereocenters. The first-order valence-corrected chi connectivity index (χ1v) is 15.4. The van der Waals surface area contributed by atoms with Crippen molar-refractivity contribution in [1.29, 1.82) is 0 Å². The van der Waals surface area contributed by atoms with E-state index in [4.69, 9.17) is 4.74 Å². The van der Waals surface area contributed by atoms with Gasteiger partial charge in [-0.3, -0.25) is 9.52 Å². The van der Waals surface area contributed by atoms with Crippen LogP contribution in [0.4, 0.5) is 17.1 Å². The molecule has 0 bridgehead atoms. The molecule has 0 saturated carbocycles. The molecule has 0 spiro atoms. The van der Waals surface area contributed by atoms with Crippen molar-refractivity contribution in [3.8, 4) is 16.9 Å². The number of sulfonamides is 1. The highest BCUT2D eigenvalue weighted by Crippen LogP contribution is 2.32. The summed E-state index contributed by atoms with van der Waals surface area (Å²) in [6.45, 7) is 1.61. The molecule has 9 nitrogen and oxygen atoms in total. The van der Waals surface area contributed by atoms with E-state index in [1.807, 2.05) is 81.6 Å². The Morgan fingerprint density at radius 1 is 0.791 bits per heavy atom. The molecule has 226 valence electrons. The van der Waals surface area contributed by atoms with Gasteiger partial charge >= 0.3 is 0 Å². The Balaban J connectivity index is 1.44. The number of benzene rings is 4. The molecule has 3 N–H and O–H groups in total. The zero-order chi connectivity index (χ0) is 31.0. The van der Waals surface area contributed by atoms with Gasteiger partial charge in [0.25, 0.3) is 15.9 Å². The van der Waals surface area contributed by atoms with Crippen LogP contribution >= 0.6 is 0 Å². The predicted octanol–water partition coefficient (Wildman–Crippen LogP) is 5.13. The molecule has 4 aromatic carbocycles. The molecule has 10 heteroatoms. The van der Waals surface area contributed by atoms with Crippen molar-refractivity contribution in [2.45, 2.75) is 11.4 Å². The first kappa shape index (κ1) is 31.4. The Bertz CT molecular complexity index is 1670. The lowest BCUT2D eigenvalue weighted by Gasteiger charge is -2.17. The molecule has 0 saturated heterocycles. The molecule has 0 fully saturated rings. The zero-order valence-corrected chi connectivity index (χ0v) is 26.0. The minimum absolute atomic E-state index is 0.0459. The van der Waals surface area contributed by atoms with E-state index < -0.39 is 10.0 Å². The Kier molecular flexibility index (Phi) is 10.3. The summed E-state index contributed by atoms with van der Waals surface area (Å²) in [7, 11) is 5.27. The van der Waals surface area contributed by atoms with E-state index in [9.17, 15) is 13.2 Å². The second-order valence-electron chi connectivity index (χ2n) is 10.6. The van der Waals surface area contributed by atoms with Gasteiger partial charge in [-0.25, -0.2) is 8.42 Å². The summed E-state index contributed by atoms with van der Waals surface area (Å²) in [6.07, 6.45) is 0. The van der Waals surface area contributed by atoms with Crippen molar-refractivity contribution in [2.75, 3.05) is 63.3 Å². The number of amides is 1. The van der Waals surface area contributed by atoms with Gasteiger partial charge in [-0.05, 0) is 79.3 Å². The van der Waals surface area contributed by atoms with Gasteiger partial charge < -0.3 is 25.2 Å². The Morgan fingerprint density at radius 3 is 2.26 bits per heavy atom. The van der Waals surface area contributed by atoms with Crippen molar-refractivity contribution < 1.29 is 17.9 Å². The largest absolute Gasteiger partial charge is 0.495 e. The fourth-order valence-electron chi connectivity index (χ4n) is 4.72. The van der Waals surface area contributed by atoms with E-state index in [2.05, 4.69) is 26.3 Å². The summed E-state index contributed by atoms with van der Waals surface area (Å²) >= 11 is 0. The van der Waals surface area contributed by atoms with Crippen LogP contribution in [0.15, 0.2) is 95.9 Å². The summed E-state index contributed by atoms with van der Waals surface area (Å²) in [5.41, 5.74) is 5.37. The lowest BCUT2D eigenvalue weighted by atomic mass is 10.0. The number of anilines is 3. The van der Waals surface area contributed by atoms with Crippen LogP contribution in [0.3, 0.4) is 0 Å². The van der Waals surface area contributed by atoms with Gasteiger partial charge in [0.05, 0.1) is 18.4 Å². The molecule has 0 heterocycles. The minimum atomic E-state index is -3.98. The summed E-state index contributed by atoms with van der Waals surface area (Å²) in [4.78, 5) is 16.7. The number of nitrogens with zero attached hydrogens (tertiary/aromatic N) is 2. The van der Waals surface area contributed by atoms with Crippen LogP contribution in [-0.2, 0) is 16.6 Å². The average Bonchev–Trinajstić information content (AvgIpc) is 2.98. The lowest BCUT2D eigenvalue weighted by molar-refractivity contribution is 0.0955. The van der Waals surface area contributed by atoms with E-state index in [-0.39, 0.29) is 16.6 Å². The van der Waals surface area contributed by atoms with Crippen LogP contribution < -0.4 is 25.0 Å². The molecule has 43 heavy (non-hydrogen) atoms. The molecule has 4 rings (SSSR count). The van der Waals surface area contributed by atoms with Gasteiger partial charge in [0.2, 0.25) is 0 Å². The van der Waals surface area contributed by atoms with Gasteiger partial charge in [0.15, 0.2) is 0 Å². The highest BCUT2D eigenvalue weighted by atomic mass is 32.2. The molecule has 0 aliphatic heterocycles. The van der Waals surface area contributed by atoms with Crippen molar-refractivity contribution >= 4 is 33.0 Å². The highest BCUT2D eigenvalue weighted by Gasteiger charge is 2.21. The highest BCUT2D eigenvalue weighted by molar-refractivity contribution is 7.92. The number of ether oxygens (including phenoxy) is 1. The summed E-state index contributed by atoms with van der Waals surface area (Å²) in [5, 5.41) is 6.17. The van der Waals surface area contributed by atoms with E-state index in [0.717, 1.165) is 28.9 Å². The topological polar surface area (TPSA) is 103 Å². The number of methoxy groups -OCH3 is 1. The molecule has 1 amide bonds. The van der Waals surface area contributed by atoms with Crippen LogP contribution in [0.1, 0.15) is 15.9 Å². The number of hydrogen-bond acceptors (Lipinski definition) is 7. The van der Waals surface area contributed by atoms with Crippen LogP contribution in [0, 0.1) is 0 Å². The fourth-order valence-corrected chi connectivity index (χ4v) is 5.96. The van der Waals surface area contributed by atoms with Crippen molar-refractivity contribution in [1.82, 2.24) is 10.2 Å². The van der Waals surface area contributed by atoms with E-state index >= 15 is 0 Å². The molecule has 0 aliphatic rings. The van der Waals surface area contributed by atoms with Gasteiger partial charge in [-0.1, -0.05) is 42.5 Å². The number of carbonyl (C=O) groups excluding carboxylic acids is 1. The molecule has 0 unspecified atom stereocenters. The monoisotopic (exact) mass is 601 g/mol. The quantitative estimate of drug-likeness (QED) is 0.183. The maximum atomic E-state index is 13.6. The first-order chi connectivity index (χ1) is 20.6. The van der Waals surface area contributed by atoms with Crippen LogP contribution in [0.5, 0.6) is 5.75 Å².